The molecule has 0 aliphatic rings. The summed E-state index contributed by atoms with van der Waals surface area (Å²) in [6.45, 7) is -0.156. The number of carbonyl (C=O) groups is 1. The summed E-state index contributed by atoms with van der Waals surface area (Å²) in [5, 5.41) is 9.53. The summed E-state index contributed by atoms with van der Waals surface area (Å²) in [6.07, 6.45) is 1.71. The number of carbonyl (C=O) groups excluding carboxylic acids is 1. The van der Waals surface area contributed by atoms with E-state index in [1.807, 2.05) is 18.2 Å². The largest absolute Gasteiger partial charge is 0.496 e. The summed E-state index contributed by atoms with van der Waals surface area (Å²) >= 11 is 0. The predicted octanol–water partition coefficient (Wildman–Crippen LogP) is 3.32. The molecule has 0 aromatic heterocycles. The van der Waals surface area contributed by atoms with E-state index < -0.39 is 5.97 Å². The van der Waals surface area contributed by atoms with Gasteiger partial charge < -0.3 is 18.9 Å². The minimum atomic E-state index is -0.527. The van der Waals surface area contributed by atoms with Gasteiger partial charge in [-0.05, 0) is 35.9 Å². The summed E-state index contributed by atoms with van der Waals surface area (Å²) in [6, 6.07) is 14.5. The average Bonchev–Trinajstić information content (AvgIpc) is 2.67. The number of hydrogen-bond donors (Lipinski definition) is 0. The van der Waals surface area contributed by atoms with Crippen LogP contribution in [0.25, 0.3) is 11.6 Å². The van der Waals surface area contributed by atoms with Gasteiger partial charge in [0.15, 0.2) is 11.5 Å². The fourth-order valence-corrected chi connectivity index (χ4v) is 2.33. The summed E-state index contributed by atoms with van der Waals surface area (Å²) in [5.74, 6) is 0.737. The lowest BCUT2D eigenvalue weighted by Crippen LogP contribution is -2.14. The molecule has 0 aliphatic heterocycles. The number of para-hydroxylation sites is 1. The molecule has 134 valence electrons. The first-order valence-corrected chi connectivity index (χ1v) is 7.75. The van der Waals surface area contributed by atoms with Crippen LogP contribution in [0.4, 0.5) is 0 Å². The summed E-state index contributed by atoms with van der Waals surface area (Å²) in [5.41, 5.74) is 1.84. The molecule has 0 saturated heterocycles. The second kappa shape index (κ2) is 9.25. The van der Waals surface area contributed by atoms with Crippen LogP contribution in [0, 0.1) is 11.3 Å². The third kappa shape index (κ3) is 4.62. The highest BCUT2D eigenvalue weighted by Gasteiger charge is 2.12. The van der Waals surface area contributed by atoms with Gasteiger partial charge in [-0.2, -0.15) is 5.26 Å². The highest BCUT2D eigenvalue weighted by molar-refractivity contribution is 5.92. The van der Waals surface area contributed by atoms with Crippen molar-refractivity contribution in [1.82, 2.24) is 0 Å². The van der Waals surface area contributed by atoms with E-state index in [1.165, 1.54) is 14.2 Å². The zero-order chi connectivity index (χ0) is 18.9. The first kappa shape index (κ1) is 19.0. The summed E-state index contributed by atoms with van der Waals surface area (Å²) < 4.78 is 20.5. The van der Waals surface area contributed by atoms with Gasteiger partial charge >= 0.3 is 5.97 Å². The molecule has 0 amide bonds. The van der Waals surface area contributed by atoms with Gasteiger partial charge in [0.25, 0.3) is 0 Å². The molecule has 2 aromatic rings. The van der Waals surface area contributed by atoms with Crippen molar-refractivity contribution in [2.24, 2.45) is 0 Å². The first-order valence-electron chi connectivity index (χ1n) is 7.75. The number of nitriles is 1. The van der Waals surface area contributed by atoms with Crippen molar-refractivity contribution in [3.05, 3.63) is 53.6 Å². The molecule has 2 aromatic carbocycles. The normalized spacial score (nSPS) is 10.8. The lowest BCUT2D eigenvalue weighted by atomic mass is 10.0. The Morgan fingerprint density at radius 3 is 2.42 bits per heavy atom. The predicted molar refractivity (Wildman–Crippen MR) is 97.0 cm³/mol. The Balaban J connectivity index is 2.37. The number of nitrogens with zero attached hydrogens (tertiary/aromatic N) is 1. The van der Waals surface area contributed by atoms with Crippen LogP contribution in [0.5, 0.6) is 17.2 Å². The Labute approximate surface area is 152 Å². The van der Waals surface area contributed by atoms with Crippen molar-refractivity contribution < 1.29 is 23.7 Å². The van der Waals surface area contributed by atoms with Gasteiger partial charge in [-0.15, -0.1) is 0 Å². The highest BCUT2D eigenvalue weighted by atomic mass is 16.6. The maximum Gasteiger partial charge on any atom is 0.337 e. The van der Waals surface area contributed by atoms with Gasteiger partial charge in [0.1, 0.15) is 12.4 Å². The van der Waals surface area contributed by atoms with Crippen LogP contribution in [-0.2, 0) is 9.53 Å². The zero-order valence-electron chi connectivity index (χ0n) is 14.8. The minimum absolute atomic E-state index is 0.156. The zero-order valence-corrected chi connectivity index (χ0v) is 14.8. The van der Waals surface area contributed by atoms with Gasteiger partial charge in [-0.1, -0.05) is 18.2 Å². The number of benzene rings is 2. The summed E-state index contributed by atoms with van der Waals surface area (Å²) in [7, 11) is 4.44. The number of ether oxygens (including phenoxy) is 4. The Hall–Kier alpha value is -3.30. The monoisotopic (exact) mass is 353 g/mol. The topological polar surface area (TPSA) is 77.8 Å². The van der Waals surface area contributed by atoms with Crippen LogP contribution in [0.2, 0.25) is 0 Å². The van der Waals surface area contributed by atoms with E-state index in [1.54, 1.807) is 37.5 Å². The van der Waals surface area contributed by atoms with E-state index in [2.05, 4.69) is 6.07 Å². The van der Waals surface area contributed by atoms with Gasteiger partial charge in [-0.3, -0.25) is 0 Å². The minimum Gasteiger partial charge on any atom is -0.496 e. The van der Waals surface area contributed by atoms with Crippen LogP contribution in [0.15, 0.2) is 42.5 Å². The van der Waals surface area contributed by atoms with Crippen molar-refractivity contribution in [2.75, 3.05) is 27.9 Å². The molecule has 0 fully saturated rings. The van der Waals surface area contributed by atoms with E-state index in [-0.39, 0.29) is 12.4 Å². The third-order valence-electron chi connectivity index (χ3n) is 3.50. The fourth-order valence-electron chi connectivity index (χ4n) is 2.33. The molecule has 26 heavy (non-hydrogen) atoms. The molecule has 0 aliphatic carbocycles. The van der Waals surface area contributed by atoms with Crippen LogP contribution in [0.1, 0.15) is 11.1 Å². The van der Waals surface area contributed by atoms with Crippen molar-refractivity contribution in [3.63, 3.8) is 0 Å². The number of allylic oxidation sites excluding steroid dienone is 1. The van der Waals surface area contributed by atoms with E-state index in [4.69, 9.17) is 18.9 Å². The van der Waals surface area contributed by atoms with Gasteiger partial charge in [-0.25, -0.2) is 4.79 Å². The number of methoxy groups -OCH3 is 3. The number of rotatable bonds is 7. The molecule has 0 spiro atoms. The molecular weight excluding hydrogens is 334 g/mol. The lowest BCUT2D eigenvalue weighted by Gasteiger charge is -2.10. The molecule has 6 nitrogen and oxygen atoms in total. The van der Waals surface area contributed by atoms with Gasteiger partial charge in [0.2, 0.25) is 0 Å². The molecule has 2 rings (SSSR count). The molecule has 0 bridgehead atoms. The average molecular weight is 353 g/mol. The van der Waals surface area contributed by atoms with E-state index in [0.29, 0.717) is 22.6 Å². The standard InChI is InChI=1S/C20H19NO5/c1-23-13-20(22)26-18-9-8-14(11-19(18)25-3)10-15(12-21)16-6-4-5-7-17(16)24-2/h4-11H,13H2,1-3H3/b15-10-. The molecule has 0 saturated carbocycles. The van der Waals surface area contributed by atoms with Crippen LogP contribution < -0.4 is 14.2 Å². The third-order valence-corrected chi connectivity index (χ3v) is 3.50. The summed E-state index contributed by atoms with van der Waals surface area (Å²) in [4.78, 5) is 11.6. The van der Waals surface area contributed by atoms with E-state index in [9.17, 15) is 10.1 Å². The molecule has 0 atom stereocenters. The van der Waals surface area contributed by atoms with Crippen LogP contribution in [-0.4, -0.2) is 33.9 Å². The molecule has 0 radical (unpaired) electrons. The van der Waals surface area contributed by atoms with Crippen molar-refractivity contribution in [1.29, 1.82) is 5.26 Å². The quantitative estimate of drug-likeness (QED) is 0.329. The lowest BCUT2D eigenvalue weighted by molar-refractivity contribution is -0.138. The van der Waals surface area contributed by atoms with Gasteiger partial charge in [0, 0.05) is 12.7 Å². The Bertz CT molecular complexity index is 852. The SMILES string of the molecule is COCC(=O)Oc1ccc(/C=C(/C#N)c2ccccc2OC)cc1OC. The first-order chi connectivity index (χ1) is 12.6. The maximum absolute atomic E-state index is 11.6. The highest BCUT2D eigenvalue weighted by Crippen LogP contribution is 2.31. The smallest absolute Gasteiger partial charge is 0.337 e. The Morgan fingerprint density at radius 1 is 1.04 bits per heavy atom. The van der Waals surface area contributed by atoms with Crippen molar-refractivity contribution in [3.8, 4) is 23.3 Å². The molecule has 6 heteroatoms. The number of hydrogen-bond acceptors (Lipinski definition) is 6. The van der Waals surface area contributed by atoms with Gasteiger partial charge in [0.05, 0.1) is 25.9 Å². The van der Waals surface area contributed by atoms with Crippen molar-refractivity contribution >= 4 is 17.6 Å². The second-order valence-electron chi connectivity index (χ2n) is 5.19. The Kier molecular flexibility index (Phi) is 6.77. The maximum atomic E-state index is 11.6. The fraction of sp³-hybridized carbons (Fsp3) is 0.200. The van der Waals surface area contributed by atoms with E-state index in [0.717, 1.165) is 5.56 Å². The molecule has 0 unspecified atom stereocenters. The second-order valence-corrected chi connectivity index (χ2v) is 5.19. The van der Waals surface area contributed by atoms with Crippen molar-refractivity contribution in [2.45, 2.75) is 0 Å². The molecular formula is C20H19NO5. The van der Waals surface area contributed by atoms with Crippen LogP contribution >= 0.6 is 0 Å². The Morgan fingerprint density at radius 2 is 1.77 bits per heavy atom. The molecule has 0 N–H and O–H groups in total. The number of esters is 1. The van der Waals surface area contributed by atoms with E-state index >= 15 is 0 Å². The van der Waals surface area contributed by atoms with Crippen LogP contribution in [0.3, 0.4) is 0 Å². The molecule has 0 heterocycles.